The van der Waals surface area contributed by atoms with Gasteiger partial charge in [0.2, 0.25) is 5.91 Å². The van der Waals surface area contributed by atoms with Gasteiger partial charge in [0.25, 0.3) is 11.1 Å². The van der Waals surface area contributed by atoms with Crippen molar-refractivity contribution in [3.63, 3.8) is 0 Å². The molecular formula is C21H23N3O3S. The number of carbonyl (C=O) groups is 1. The van der Waals surface area contributed by atoms with Gasteiger partial charge in [-0.05, 0) is 55.2 Å². The molecule has 0 saturated heterocycles. The minimum Gasteiger partial charge on any atom is -0.484 e. The van der Waals surface area contributed by atoms with Crippen molar-refractivity contribution in [2.45, 2.75) is 39.0 Å². The number of aromatic nitrogens is 2. The van der Waals surface area contributed by atoms with Crippen LogP contribution in [0, 0.1) is 13.8 Å². The normalized spacial score (nSPS) is 10.7. The van der Waals surface area contributed by atoms with E-state index in [0.29, 0.717) is 11.1 Å². The third-order valence-corrected chi connectivity index (χ3v) is 4.93. The molecule has 0 unspecified atom stereocenters. The lowest BCUT2D eigenvalue weighted by molar-refractivity contribution is -0.113. The fourth-order valence-electron chi connectivity index (χ4n) is 2.51. The van der Waals surface area contributed by atoms with Gasteiger partial charge in [-0.1, -0.05) is 43.0 Å². The van der Waals surface area contributed by atoms with Crippen molar-refractivity contribution in [2.24, 2.45) is 0 Å². The number of rotatable bonds is 8. The summed E-state index contributed by atoms with van der Waals surface area (Å²) >= 11 is 1.20. The van der Waals surface area contributed by atoms with Gasteiger partial charge in [-0.15, -0.1) is 10.2 Å². The summed E-state index contributed by atoms with van der Waals surface area (Å²) in [5, 5.41) is 11.1. The van der Waals surface area contributed by atoms with E-state index in [0.717, 1.165) is 29.0 Å². The van der Waals surface area contributed by atoms with Crippen LogP contribution in [0.4, 0.5) is 5.69 Å². The number of ether oxygens (including phenoxy) is 1. The van der Waals surface area contributed by atoms with Crippen LogP contribution >= 0.6 is 11.8 Å². The Labute approximate surface area is 168 Å². The predicted molar refractivity (Wildman–Crippen MR) is 110 cm³/mol. The van der Waals surface area contributed by atoms with Crippen molar-refractivity contribution < 1.29 is 13.9 Å². The predicted octanol–water partition coefficient (Wildman–Crippen LogP) is 4.56. The number of nitrogens with zero attached hydrogens (tertiary/aromatic N) is 2. The Morgan fingerprint density at radius 1 is 1.14 bits per heavy atom. The molecular weight excluding hydrogens is 374 g/mol. The maximum Gasteiger partial charge on any atom is 0.277 e. The average Bonchev–Trinajstić information content (AvgIpc) is 3.15. The molecule has 2 aromatic carbocycles. The van der Waals surface area contributed by atoms with E-state index in [2.05, 4.69) is 22.4 Å². The molecule has 0 spiro atoms. The molecule has 0 aliphatic rings. The Bertz CT molecular complexity index is 938. The van der Waals surface area contributed by atoms with Crippen LogP contribution in [0.1, 0.15) is 29.5 Å². The molecule has 0 aliphatic carbocycles. The Morgan fingerprint density at radius 2 is 1.93 bits per heavy atom. The molecule has 28 heavy (non-hydrogen) atoms. The summed E-state index contributed by atoms with van der Waals surface area (Å²) in [6.07, 6.45) is 0.969. The van der Waals surface area contributed by atoms with Gasteiger partial charge in [0.15, 0.2) is 6.61 Å². The van der Waals surface area contributed by atoms with Crippen LogP contribution < -0.4 is 10.1 Å². The number of hydrogen-bond acceptors (Lipinski definition) is 6. The Kier molecular flexibility index (Phi) is 6.71. The molecule has 0 radical (unpaired) electrons. The quantitative estimate of drug-likeness (QED) is 0.562. The summed E-state index contributed by atoms with van der Waals surface area (Å²) in [5.74, 6) is 1.23. The molecule has 1 amide bonds. The third kappa shape index (κ3) is 5.60. The third-order valence-electron chi connectivity index (χ3n) is 4.12. The largest absolute Gasteiger partial charge is 0.484 e. The first-order valence-corrected chi connectivity index (χ1v) is 10.1. The number of aryl methyl sites for hydroxylation is 3. The topological polar surface area (TPSA) is 77.2 Å². The number of thioether (sulfide) groups is 1. The maximum atomic E-state index is 12.1. The molecule has 146 valence electrons. The maximum absolute atomic E-state index is 12.1. The average molecular weight is 398 g/mol. The van der Waals surface area contributed by atoms with Crippen LogP contribution in [0.25, 0.3) is 0 Å². The summed E-state index contributed by atoms with van der Waals surface area (Å²) in [7, 11) is 0. The summed E-state index contributed by atoms with van der Waals surface area (Å²) in [6, 6.07) is 13.8. The second-order valence-corrected chi connectivity index (χ2v) is 7.33. The monoisotopic (exact) mass is 397 g/mol. The van der Waals surface area contributed by atoms with Crippen molar-refractivity contribution in [2.75, 3.05) is 11.1 Å². The van der Waals surface area contributed by atoms with Crippen LogP contribution in [0.5, 0.6) is 5.75 Å². The molecule has 1 N–H and O–H groups in total. The summed E-state index contributed by atoms with van der Waals surface area (Å²) < 4.78 is 11.3. The second kappa shape index (κ2) is 9.41. The first kappa shape index (κ1) is 19.9. The molecule has 7 heteroatoms. The summed E-state index contributed by atoms with van der Waals surface area (Å²) in [5.41, 5.74) is 4.17. The van der Waals surface area contributed by atoms with Gasteiger partial charge in [-0.25, -0.2) is 0 Å². The molecule has 1 heterocycles. The molecule has 0 atom stereocenters. The van der Waals surface area contributed by atoms with Crippen molar-refractivity contribution in [1.29, 1.82) is 0 Å². The van der Waals surface area contributed by atoms with Gasteiger partial charge in [-0.3, -0.25) is 4.79 Å². The highest BCUT2D eigenvalue weighted by atomic mass is 32.2. The number of amides is 1. The highest BCUT2D eigenvalue weighted by Crippen LogP contribution is 2.22. The molecule has 1 aromatic heterocycles. The highest BCUT2D eigenvalue weighted by Gasteiger charge is 2.11. The Morgan fingerprint density at radius 3 is 2.68 bits per heavy atom. The molecule has 3 aromatic rings. The van der Waals surface area contributed by atoms with Gasteiger partial charge in [0, 0.05) is 5.69 Å². The number of hydrogen-bond donors (Lipinski definition) is 1. The zero-order valence-electron chi connectivity index (χ0n) is 16.2. The van der Waals surface area contributed by atoms with E-state index < -0.39 is 0 Å². The van der Waals surface area contributed by atoms with E-state index in [4.69, 9.17) is 9.15 Å². The Hall–Kier alpha value is -2.80. The minimum atomic E-state index is -0.124. The van der Waals surface area contributed by atoms with Crippen LogP contribution in [0.15, 0.2) is 52.1 Å². The standard InChI is InChI=1S/C21H23N3O3S/c1-4-16-7-9-17(10-8-16)22-19(25)13-28-21-24-23-20(27-21)12-26-18-11-14(2)5-6-15(18)3/h5-11H,4,12-13H2,1-3H3,(H,22,25). The van der Waals surface area contributed by atoms with Crippen molar-refractivity contribution in [1.82, 2.24) is 10.2 Å². The van der Waals surface area contributed by atoms with Crippen molar-refractivity contribution in [3.8, 4) is 5.75 Å². The molecule has 6 nitrogen and oxygen atoms in total. The number of anilines is 1. The van der Waals surface area contributed by atoms with E-state index in [1.54, 1.807) is 0 Å². The second-order valence-electron chi connectivity index (χ2n) is 6.41. The fraction of sp³-hybridized carbons (Fsp3) is 0.286. The van der Waals surface area contributed by atoms with E-state index in [1.807, 2.05) is 56.3 Å². The minimum absolute atomic E-state index is 0.124. The number of benzene rings is 2. The highest BCUT2D eigenvalue weighted by molar-refractivity contribution is 7.99. The van der Waals surface area contributed by atoms with Gasteiger partial charge < -0.3 is 14.5 Å². The smallest absolute Gasteiger partial charge is 0.277 e. The van der Waals surface area contributed by atoms with E-state index in [9.17, 15) is 4.79 Å². The molecule has 0 saturated carbocycles. The zero-order chi connectivity index (χ0) is 19.9. The van der Waals surface area contributed by atoms with Crippen molar-refractivity contribution >= 4 is 23.4 Å². The lowest BCUT2D eigenvalue weighted by atomic mass is 10.1. The van der Waals surface area contributed by atoms with Crippen molar-refractivity contribution in [3.05, 3.63) is 65.0 Å². The van der Waals surface area contributed by atoms with Gasteiger partial charge in [-0.2, -0.15) is 0 Å². The molecule has 3 rings (SSSR count). The lowest BCUT2D eigenvalue weighted by Gasteiger charge is -2.07. The van der Waals surface area contributed by atoms with E-state index >= 15 is 0 Å². The van der Waals surface area contributed by atoms with Gasteiger partial charge in [0.1, 0.15) is 5.75 Å². The summed E-state index contributed by atoms with van der Waals surface area (Å²) in [6.45, 7) is 6.28. The van der Waals surface area contributed by atoms with E-state index in [1.165, 1.54) is 17.3 Å². The van der Waals surface area contributed by atoms with Crippen LogP contribution in [0.3, 0.4) is 0 Å². The van der Waals surface area contributed by atoms with E-state index in [-0.39, 0.29) is 18.3 Å². The first-order valence-electron chi connectivity index (χ1n) is 9.07. The van der Waals surface area contributed by atoms with Gasteiger partial charge in [0.05, 0.1) is 5.75 Å². The van der Waals surface area contributed by atoms with Crippen LogP contribution in [-0.4, -0.2) is 21.9 Å². The SMILES string of the molecule is CCc1ccc(NC(=O)CSc2nnc(COc3cc(C)ccc3C)o2)cc1. The molecule has 0 bridgehead atoms. The fourth-order valence-corrected chi connectivity index (χ4v) is 3.09. The Balaban J connectivity index is 1.47. The lowest BCUT2D eigenvalue weighted by Crippen LogP contribution is -2.13. The molecule has 0 fully saturated rings. The molecule has 0 aliphatic heterocycles. The number of carbonyl (C=O) groups excluding carboxylic acids is 1. The zero-order valence-corrected chi connectivity index (χ0v) is 17.0. The van der Waals surface area contributed by atoms with Crippen LogP contribution in [0.2, 0.25) is 0 Å². The van der Waals surface area contributed by atoms with Gasteiger partial charge >= 0.3 is 0 Å². The summed E-state index contributed by atoms with van der Waals surface area (Å²) in [4.78, 5) is 12.1. The van der Waals surface area contributed by atoms with Crippen LogP contribution in [-0.2, 0) is 17.8 Å². The first-order chi connectivity index (χ1) is 13.5. The number of nitrogens with one attached hydrogen (secondary N) is 1.